The second kappa shape index (κ2) is 7.50. The molecule has 0 aromatic heterocycles. The van der Waals surface area contributed by atoms with Gasteiger partial charge in [0.05, 0.1) is 6.04 Å². The van der Waals surface area contributed by atoms with Gasteiger partial charge >= 0.3 is 5.97 Å². The zero-order valence-corrected chi connectivity index (χ0v) is 13.1. The van der Waals surface area contributed by atoms with Crippen molar-refractivity contribution < 1.29 is 14.3 Å². The van der Waals surface area contributed by atoms with E-state index in [1.54, 1.807) is 32.0 Å². The highest BCUT2D eigenvalue weighted by atomic mass is 35.5. The molecule has 0 radical (unpaired) electrons. The first-order valence-electron chi connectivity index (χ1n) is 6.30. The molecular weight excluding hydrogens is 301 g/mol. The van der Waals surface area contributed by atoms with Crippen molar-refractivity contribution >= 4 is 35.1 Å². The molecule has 1 aromatic carbocycles. The van der Waals surface area contributed by atoms with Crippen molar-refractivity contribution in [2.75, 3.05) is 0 Å². The molecule has 2 atom stereocenters. The van der Waals surface area contributed by atoms with E-state index in [4.69, 9.17) is 27.9 Å². The quantitative estimate of drug-likeness (QED) is 0.845. The molecule has 0 unspecified atom stereocenters. The fraction of sp³-hybridized carbons (Fsp3) is 0.429. The summed E-state index contributed by atoms with van der Waals surface area (Å²) in [4.78, 5) is 23.0. The molecule has 0 aliphatic rings. The monoisotopic (exact) mass is 317 g/mol. The standard InChI is InChI=1S/C14H17Cl2NO3/c1-4-13(18)20-9(3)14(19)17-8(2)11-6-5-10(15)7-12(11)16/h5-9H,4H2,1-3H3,(H,17,19)/t8-,9-/m0/s1. The number of amides is 1. The van der Waals surface area contributed by atoms with Crippen LogP contribution >= 0.6 is 23.2 Å². The predicted molar refractivity (Wildman–Crippen MR) is 78.9 cm³/mol. The number of esters is 1. The molecule has 1 N–H and O–H groups in total. The first-order chi connectivity index (χ1) is 9.35. The Morgan fingerprint density at radius 1 is 1.30 bits per heavy atom. The Morgan fingerprint density at radius 2 is 1.95 bits per heavy atom. The highest BCUT2D eigenvalue weighted by molar-refractivity contribution is 6.35. The van der Waals surface area contributed by atoms with E-state index in [0.29, 0.717) is 10.0 Å². The second-order valence-electron chi connectivity index (χ2n) is 4.38. The Morgan fingerprint density at radius 3 is 2.50 bits per heavy atom. The maximum absolute atomic E-state index is 11.9. The Kier molecular flexibility index (Phi) is 6.30. The Bertz CT molecular complexity index is 505. The third-order valence-corrected chi connectivity index (χ3v) is 3.32. The van der Waals surface area contributed by atoms with Gasteiger partial charge in [0.1, 0.15) is 0 Å². The van der Waals surface area contributed by atoms with Crippen LogP contribution in [0.5, 0.6) is 0 Å². The fourth-order valence-corrected chi connectivity index (χ4v) is 2.17. The molecule has 0 saturated carbocycles. The number of carbonyl (C=O) groups excluding carboxylic acids is 2. The van der Waals surface area contributed by atoms with Crippen molar-refractivity contribution in [3.8, 4) is 0 Å². The van der Waals surface area contributed by atoms with Crippen molar-refractivity contribution in [1.82, 2.24) is 5.32 Å². The molecule has 110 valence electrons. The number of ether oxygens (including phenoxy) is 1. The van der Waals surface area contributed by atoms with Gasteiger partial charge in [0, 0.05) is 16.5 Å². The van der Waals surface area contributed by atoms with Crippen molar-refractivity contribution in [3.05, 3.63) is 33.8 Å². The number of hydrogen-bond acceptors (Lipinski definition) is 3. The van der Waals surface area contributed by atoms with Crippen LogP contribution in [0.3, 0.4) is 0 Å². The van der Waals surface area contributed by atoms with E-state index >= 15 is 0 Å². The van der Waals surface area contributed by atoms with Gasteiger partial charge < -0.3 is 10.1 Å². The van der Waals surface area contributed by atoms with Gasteiger partial charge in [-0.2, -0.15) is 0 Å². The summed E-state index contributed by atoms with van der Waals surface area (Å²) in [6, 6.07) is 4.75. The van der Waals surface area contributed by atoms with Gasteiger partial charge in [0.15, 0.2) is 6.10 Å². The number of carbonyl (C=O) groups is 2. The lowest BCUT2D eigenvalue weighted by Gasteiger charge is -2.19. The zero-order chi connectivity index (χ0) is 15.3. The molecule has 20 heavy (non-hydrogen) atoms. The number of benzene rings is 1. The van der Waals surface area contributed by atoms with Crippen LogP contribution in [0.25, 0.3) is 0 Å². The van der Waals surface area contributed by atoms with Crippen LogP contribution in [-0.2, 0) is 14.3 Å². The summed E-state index contributed by atoms with van der Waals surface area (Å²) in [5.41, 5.74) is 0.749. The predicted octanol–water partition coefficient (Wildman–Crippen LogP) is 3.51. The van der Waals surface area contributed by atoms with Gasteiger partial charge in [-0.1, -0.05) is 36.2 Å². The summed E-state index contributed by atoms with van der Waals surface area (Å²) in [5, 5.41) is 3.75. The molecule has 4 nitrogen and oxygen atoms in total. The summed E-state index contributed by atoms with van der Waals surface area (Å²) >= 11 is 11.9. The molecule has 0 saturated heterocycles. The number of halogens is 2. The molecule has 1 rings (SSSR count). The lowest BCUT2D eigenvalue weighted by molar-refractivity contribution is -0.154. The largest absolute Gasteiger partial charge is 0.453 e. The van der Waals surface area contributed by atoms with E-state index < -0.39 is 12.1 Å². The van der Waals surface area contributed by atoms with E-state index in [0.717, 1.165) is 5.56 Å². The van der Waals surface area contributed by atoms with E-state index in [1.165, 1.54) is 6.92 Å². The third kappa shape index (κ3) is 4.69. The van der Waals surface area contributed by atoms with Crippen LogP contribution in [0.4, 0.5) is 0 Å². The van der Waals surface area contributed by atoms with Crippen LogP contribution in [0.2, 0.25) is 10.0 Å². The number of nitrogens with one attached hydrogen (secondary N) is 1. The van der Waals surface area contributed by atoms with E-state index in [-0.39, 0.29) is 18.4 Å². The summed E-state index contributed by atoms with van der Waals surface area (Å²) in [6.45, 7) is 4.99. The first-order valence-corrected chi connectivity index (χ1v) is 7.05. The average Bonchev–Trinajstić information content (AvgIpc) is 2.37. The normalized spacial score (nSPS) is 13.4. The van der Waals surface area contributed by atoms with Crippen molar-refractivity contribution in [1.29, 1.82) is 0 Å². The minimum absolute atomic E-state index is 0.232. The van der Waals surface area contributed by atoms with Gasteiger partial charge in [0.25, 0.3) is 5.91 Å². The maximum atomic E-state index is 11.9. The Balaban J connectivity index is 2.67. The number of hydrogen-bond donors (Lipinski definition) is 1. The Labute approximate surface area is 128 Å². The molecule has 6 heteroatoms. The summed E-state index contributed by atoms with van der Waals surface area (Å²) < 4.78 is 4.94. The van der Waals surface area contributed by atoms with E-state index in [1.807, 2.05) is 0 Å². The lowest BCUT2D eigenvalue weighted by Crippen LogP contribution is -2.37. The summed E-state index contributed by atoms with van der Waals surface area (Å²) in [7, 11) is 0. The van der Waals surface area contributed by atoms with Gasteiger partial charge in [-0.15, -0.1) is 0 Å². The highest BCUT2D eigenvalue weighted by Crippen LogP contribution is 2.26. The Hall–Kier alpha value is -1.26. The van der Waals surface area contributed by atoms with Gasteiger partial charge in [0.2, 0.25) is 0 Å². The minimum Gasteiger partial charge on any atom is -0.453 e. The van der Waals surface area contributed by atoms with Crippen molar-refractivity contribution in [2.45, 2.75) is 39.3 Å². The fourth-order valence-electron chi connectivity index (χ4n) is 1.60. The third-order valence-electron chi connectivity index (χ3n) is 2.75. The van der Waals surface area contributed by atoms with Crippen molar-refractivity contribution in [3.63, 3.8) is 0 Å². The molecule has 0 aliphatic carbocycles. The van der Waals surface area contributed by atoms with Crippen LogP contribution in [-0.4, -0.2) is 18.0 Å². The maximum Gasteiger partial charge on any atom is 0.306 e. The van der Waals surface area contributed by atoms with Crippen LogP contribution in [0.15, 0.2) is 18.2 Å². The second-order valence-corrected chi connectivity index (χ2v) is 5.23. The van der Waals surface area contributed by atoms with E-state index in [2.05, 4.69) is 5.32 Å². The number of rotatable bonds is 5. The lowest BCUT2D eigenvalue weighted by atomic mass is 10.1. The molecule has 1 aromatic rings. The molecule has 0 fully saturated rings. The van der Waals surface area contributed by atoms with Crippen LogP contribution in [0, 0.1) is 0 Å². The van der Waals surface area contributed by atoms with Gasteiger partial charge in [-0.3, -0.25) is 9.59 Å². The topological polar surface area (TPSA) is 55.4 Å². The van der Waals surface area contributed by atoms with Crippen LogP contribution in [0.1, 0.15) is 38.8 Å². The average molecular weight is 318 g/mol. The van der Waals surface area contributed by atoms with E-state index in [9.17, 15) is 9.59 Å². The molecule has 0 bridgehead atoms. The van der Waals surface area contributed by atoms with Gasteiger partial charge in [-0.05, 0) is 31.5 Å². The van der Waals surface area contributed by atoms with Crippen LogP contribution < -0.4 is 5.32 Å². The van der Waals surface area contributed by atoms with Gasteiger partial charge in [-0.25, -0.2) is 0 Å². The SMILES string of the molecule is CCC(=O)O[C@@H](C)C(=O)N[C@@H](C)c1ccc(Cl)cc1Cl. The molecule has 1 amide bonds. The molecular formula is C14H17Cl2NO3. The molecule has 0 aliphatic heterocycles. The summed E-state index contributed by atoms with van der Waals surface area (Å²) in [5.74, 6) is -0.782. The zero-order valence-electron chi connectivity index (χ0n) is 11.6. The molecule has 0 heterocycles. The smallest absolute Gasteiger partial charge is 0.306 e. The first kappa shape index (κ1) is 16.8. The molecule has 0 spiro atoms. The van der Waals surface area contributed by atoms with Crippen molar-refractivity contribution in [2.24, 2.45) is 0 Å². The minimum atomic E-state index is -0.837. The highest BCUT2D eigenvalue weighted by Gasteiger charge is 2.20. The summed E-state index contributed by atoms with van der Waals surface area (Å²) in [6.07, 6.45) is -0.605.